The molecule has 2 aromatic carbocycles. The van der Waals surface area contributed by atoms with E-state index < -0.39 is 0 Å². The van der Waals surface area contributed by atoms with Crippen LogP contribution in [0.25, 0.3) is 22.7 Å². The van der Waals surface area contributed by atoms with E-state index in [0.29, 0.717) is 17.6 Å². The molecule has 0 radical (unpaired) electrons. The van der Waals surface area contributed by atoms with Crippen LogP contribution < -0.4 is 11.1 Å². The minimum atomic E-state index is 0.0749. The van der Waals surface area contributed by atoms with Crippen molar-refractivity contribution in [1.82, 2.24) is 4.98 Å². The molecule has 3 aromatic rings. The lowest BCUT2D eigenvalue weighted by Crippen LogP contribution is -2.18. The fourth-order valence-corrected chi connectivity index (χ4v) is 3.95. The zero-order chi connectivity index (χ0) is 21.2. The number of aromatic nitrogens is 1. The molecule has 1 heterocycles. The van der Waals surface area contributed by atoms with Crippen LogP contribution in [0.5, 0.6) is 0 Å². The Bertz CT molecular complexity index is 985. The van der Waals surface area contributed by atoms with Crippen LogP contribution in [0.1, 0.15) is 58.8 Å². The average molecular weight is 392 g/mol. The van der Waals surface area contributed by atoms with Crippen molar-refractivity contribution in [2.24, 2.45) is 0 Å². The molecule has 3 N–H and O–H groups in total. The molecule has 154 valence electrons. The number of rotatable bonds is 7. The molecule has 0 amide bonds. The number of benzene rings is 2. The van der Waals surface area contributed by atoms with Crippen molar-refractivity contribution in [3.63, 3.8) is 0 Å². The molecule has 0 spiro atoms. The van der Waals surface area contributed by atoms with Crippen LogP contribution in [-0.2, 0) is 5.41 Å². The monoisotopic (exact) mass is 391 g/mol. The fraction of sp³-hybridized carbons (Fsp3) is 0.400. The van der Waals surface area contributed by atoms with Crippen LogP contribution in [0.4, 0.5) is 11.4 Å². The lowest BCUT2D eigenvalue weighted by Gasteiger charge is -2.27. The topological polar surface area (TPSA) is 64.1 Å². The predicted molar refractivity (Wildman–Crippen MR) is 123 cm³/mol. The minimum absolute atomic E-state index is 0.0749. The second-order valence-corrected chi connectivity index (χ2v) is 8.70. The minimum Gasteiger partial charge on any atom is -0.441 e. The van der Waals surface area contributed by atoms with Crippen molar-refractivity contribution in [1.29, 1.82) is 0 Å². The van der Waals surface area contributed by atoms with Crippen LogP contribution in [-0.4, -0.2) is 11.0 Å². The number of aryl methyl sites for hydroxylation is 1. The first-order valence-electron chi connectivity index (χ1n) is 10.5. The second kappa shape index (κ2) is 8.32. The van der Waals surface area contributed by atoms with Gasteiger partial charge in [0.2, 0.25) is 5.89 Å². The summed E-state index contributed by atoms with van der Waals surface area (Å²) < 4.78 is 6.07. The Morgan fingerprint density at radius 1 is 1.14 bits per heavy atom. The summed E-state index contributed by atoms with van der Waals surface area (Å²) in [5.41, 5.74) is 12.2. The third-order valence-corrected chi connectivity index (χ3v) is 5.33. The second-order valence-electron chi connectivity index (χ2n) is 8.70. The van der Waals surface area contributed by atoms with Crippen molar-refractivity contribution in [3.8, 4) is 22.7 Å². The lowest BCUT2D eigenvalue weighted by atomic mass is 9.77. The van der Waals surface area contributed by atoms with Crippen LogP contribution >= 0.6 is 0 Å². The van der Waals surface area contributed by atoms with Gasteiger partial charge in [0.1, 0.15) is 11.5 Å². The first kappa shape index (κ1) is 21.0. The van der Waals surface area contributed by atoms with Gasteiger partial charge in [0, 0.05) is 17.2 Å². The Balaban J connectivity index is 2.02. The Morgan fingerprint density at radius 3 is 2.52 bits per heavy atom. The van der Waals surface area contributed by atoms with Gasteiger partial charge in [-0.3, -0.25) is 0 Å². The largest absolute Gasteiger partial charge is 0.441 e. The summed E-state index contributed by atoms with van der Waals surface area (Å²) in [4.78, 5) is 4.87. The number of nitrogens with one attached hydrogen (secondary N) is 1. The van der Waals surface area contributed by atoms with Gasteiger partial charge in [0.25, 0.3) is 0 Å². The molecule has 4 nitrogen and oxygen atoms in total. The highest BCUT2D eigenvalue weighted by atomic mass is 16.4. The van der Waals surface area contributed by atoms with E-state index in [4.69, 9.17) is 15.1 Å². The third-order valence-electron chi connectivity index (χ3n) is 5.33. The molecule has 29 heavy (non-hydrogen) atoms. The van der Waals surface area contributed by atoms with E-state index in [1.54, 1.807) is 0 Å². The van der Waals surface area contributed by atoms with Gasteiger partial charge in [0.05, 0.1) is 11.4 Å². The summed E-state index contributed by atoms with van der Waals surface area (Å²) >= 11 is 0. The summed E-state index contributed by atoms with van der Waals surface area (Å²) in [6.07, 6.45) is 2.26. The number of nitrogens with zero attached hydrogens (tertiary/aromatic N) is 1. The Kier molecular flexibility index (Phi) is 6.02. The molecule has 0 unspecified atom stereocenters. The lowest BCUT2D eigenvalue weighted by molar-refractivity contribution is 0.474. The normalized spacial score (nSPS) is 11.8. The standard InChI is InChI=1S/C25H33N3O/c1-7-14-25(5,6)20-11-9-8-10-19(20)23-17(4)29-24(28-23)18-12-13-22(21(26)15-18)27-16(2)3/h8-13,15-16,27H,7,14,26H2,1-6H3. The van der Waals surface area contributed by atoms with Gasteiger partial charge in [-0.15, -0.1) is 0 Å². The average Bonchev–Trinajstić information content (AvgIpc) is 3.04. The molecule has 0 aliphatic rings. The highest BCUT2D eigenvalue weighted by Crippen LogP contribution is 2.38. The van der Waals surface area contributed by atoms with E-state index in [2.05, 4.69) is 64.2 Å². The number of hydrogen-bond donors (Lipinski definition) is 2. The van der Waals surface area contributed by atoms with E-state index in [9.17, 15) is 0 Å². The van der Waals surface area contributed by atoms with Gasteiger partial charge < -0.3 is 15.5 Å². The Morgan fingerprint density at radius 2 is 1.86 bits per heavy atom. The fourth-order valence-electron chi connectivity index (χ4n) is 3.95. The van der Waals surface area contributed by atoms with Crippen molar-refractivity contribution >= 4 is 11.4 Å². The molecular weight excluding hydrogens is 358 g/mol. The Labute approximate surface area is 174 Å². The molecule has 0 atom stereocenters. The molecule has 4 heteroatoms. The van der Waals surface area contributed by atoms with Crippen LogP contribution in [0.15, 0.2) is 46.9 Å². The van der Waals surface area contributed by atoms with E-state index >= 15 is 0 Å². The molecule has 0 fully saturated rings. The highest BCUT2D eigenvalue weighted by molar-refractivity contribution is 5.75. The summed E-state index contributed by atoms with van der Waals surface area (Å²) in [6, 6.07) is 14.8. The number of nitrogens with two attached hydrogens (primary N) is 1. The predicted octanol–water partition coefficient (Wildman–Crippen LogP) is 6.80. The molecule has 3 rings (SSSR count). The molecule has 0 bridgehead atoms. The third kappa shape index (κ3) is 4.47. The SMILES string of the molecule is CCCC(C)(C)c1ccccc1-c1nc(-c2ccc(NC(C)C)c(N)c2)oc1C. The zero-order valence-corrected chi connectivity index (χ0v) is 18.5. The van der Waals surface area contributed by atoms with Gasteiger partial charge in [-0.1, -0.05) is 51.5 Å². The molecule has 0 saturated carbocycles. The number of hydrogen-bond acceptors (Lipinski definition) is 4. The van der Waals surface area contributed by atoms with E-state index in [-0.39, 0.29) is 5.41 Å². The maximum Gasteiger partial charge on any atom is 0.226 e. The highest BCUT2D eigenvalue weighted by Gasteiger charge is 2.25. The molecule has 0 aliphatic heterocycles. The zero-order valence-electron chi connectivity index (χ0n) is 18.5. The van der Waals surface area contributed by atoms with Crippen molar-refractivity contribution in [2.45, 2.75) is 65.8 Å². The maximum atomic E-state index is 6.25. The number of anilines is 2. The van der Waals surface area contributed by atoms with E-state index in [0.717, 1.165) is 41.1 Å². The van der Waals surface area contributed by atoms with E-state index in [1.807, 2.05) is 25.1 Å². The van der Waals surface area contributed by atoms with Crippen molar-refractivity contribution < 1.29 is 4.42 Å². The summed E-state index contributed by atoms with van der Waals surface area (Å²) in [6.45, 7) is 13.0. The van der Waals surface area contributed by atoms with Crippen molar-refractivity contribution in [3.05, 3.63) is 53.8 Å². The summed E-state index contributed by atoms with van der Waals surface area (Å²) in [7, 11) is 0. The van der Waals surface area contributed by atoms with Gasteiger partial charge in [-0.05, 0) is 56.4 Å². The molecule has 0 saturated heterocycles. The smallest absolute Gasteiger partial charge is 0.226 e. The van der Waals surface area contributed by atoms with Crippen molar-refractivity contribution in [2.75, 3.05) is 11.1 Å². The van der Waals surface area contributed by atoms with Gasteiger partial charge >= 0.3 is 0 Å². The first-order valence-corrected chi connectivity index (χ1v) is 10.5. The molecule has 0 aliphatic carbocycles. The maximum absolute atomic E-state index is 6.25. The van der Waals surface area contributed by atoms with Crippen LogP contribution in [0.2, 0.25) is 0 Å². The number of nitrogen functional groups attached to an aromatic ring is 1. The van der Waals surface area contributed by atoms with Gasteiger partial charge in [0.15, 0.2) is 0 Å². The van der Waals surface area contributed by atoms with Crippen LogP contribution in [0.3, 0.4) is 0 Å². The summed E-state index contributed by atoms with van der Waals surface area (Å²) in [5, 5.41) is 3.35. The quantitative estimate of drug-likeness (QED) is 0.435. The summed E-state index contributed by atoms with van der Waals surface area (Å²) in [5.74, 6) is 1.42. The molecular formula is C25H33N3O. The first-order chi connectivity index (χ1) is 13.7. The van der Waals surface area contributed by atoms with Crippen LogP contribution in [0, 0.1) is 6.92 Å². The number of oxazole rings is 1. The van der Waals surface area contributed by atoms with Gasteiger partial charge in [-0.2, -0.15) is 0 Å². The van der Waals surface area contributed by atoms with E-state index in [1.165, 1.54) is 5.56 Å². The molecule has 1 aromatic heterocycles. The van der Waals surface area contributed by atoms with Gasteiger partial charge in [-0.25, -0.2) is 4.98 Å². The Hall–Kier alpha value is -2.75.